The lowest BCUT2D eigenvalue weighted by Gasteiger charge is -2.25. The SMILES string of the molecule is C=C(C)[C@H]1C[C@@H](COC(C)=O)C(C)(C)O1. The van der Waals surface area contributed by atoms with E-state index in [0.717, 1.165) is 12.0 Å². The van der Waals surface area contributed by atoms with Gasteiger partial charge in [0.1, 0.15) is 0 Å². The van der Waals surface area contributed by atoms with Crippen LogP contribution in [0.15, 0.2) is 12.2 Å². The summed E-state index contributed by atoms with van der Waals surface area (Å²) in [5, 5.41) is 0. The quantitative estimate of drug-likeness (QED) is 0.532. The number of hydrogen-bond donors (Lipinski definition) is 0. The zero-order valence-electron chi connectivity index (χ0n) is 10.0. The average molecular weight is 212 g/mol. The van der Waals surface area contributed by atoms with Crippen LogP contribution in [0.3, 0.4) is 0 Å². The van der Waals surface area contributed by atoms with Crippen LogP contribution in [0, 0.1) is 5.92 Å². The van der Waals surface area contributed by atoms with Gasteiger partial charge < -0.3 is 9.47 Å². The molecule has 0 aliphatic carbocycles. The molecule has 1 heterocycles. The van der Waals surface area contributed by atoms with E-state index in [1.165, 1.54) is 6.92 Å². The summed E-state index contributed by atoms with van der Waals surface area (Å²) in [6.07, 6.45) is 0.982. The van der Waals surface area contributed by atoms with Crippen LogP contribution in [-0.2, 0) is 14.3 Å². The summed E-state index contributed by atoms with van der Waals surface area (Å²) in [6.45, 7) is 11.8. The van der Waals surface area contributed by atoms with Crippen molar-refractivity contribution in [2.45, 2.75) is 45.8 Å². The Labute approximate surface area is 91.4 Å². The Morgan fingerprint density at radius 1 is 1.53 bits per heavy atom. The van der Waals surface area contributed by atoms with Crippen LogP contribution in [0.5, 0.6) is 0 Å². The Hall–Kier alpha value is -0.830. The maximum absolute atomic E-state index is 10.7. The molecule has 0 aromatic carbocycles. The molecule has 0 radical (unpaired) electrons. The fourth-order valence-electron chi connectivity index (χ4n) is 1.84. The molecule has 0 saturated carbocycles. The van der Waals surface area contributed by atoms with E-state index in [-0.39, 0.29) is 23.6 Å². The number of ether oxygens (including phenoxy) is 2. The van der Waals surface area contributed by atoms with Crippen molar-refractivity contribution < 1.29 is 14.3 Å². The molecule has 0 spiro atoms. The summed E-state index contributed by atoms with van der Waals surface area (Å²) in [7, 11) is 0. The van der Waals surface area contributed by atoms with Gasteiger partial charge in [0.2, 0.25) is 0 Å². The lowest BCUT2D eigenvalue weighted by Crippen LogP contribution is -2.31. The number of carbonyl (C=O) groups is 1. The second-order valence-corrected chi connectivity index (χ2v) is 4.79. The second kappa shape index (κ2) is 4.35. The van der Waals surface area contributed by atoms with Gasteiger partial charge >= 0.3 is 5.97 Å². The lowest BCUT2D eigenvalue weighted by atomic mass is 9.90. The van der Waals surface area contributed by atoms with E-state index >= 15 is 0 Å². The highest BCUT2D eigenvalue weighted by Crippen LogP contribution is 2.38. The molecule has 0 unspecified atom stereocenters. The van der Waals surface area contributed by atoms with Gasteiger partial charge in [0.15, 0.2) is 0 Å². The van der Waals surface area contributed by atoms with Crippen LogP contribution >= 0.6 is 0 Å². The normalized spacial score (nSPS) is 28.8. The topological polar surface area (TPSA) is 35.5 Å². The van der Waals surface area contributed by atoms with E-state index in [1.807, 2.05) is 20.8 Å². The molecule has 15 heavy (non-hydrogen) atoms. The molecule has 1 aliphatic heterocycles. The standard InChI is InChI=1S/C12H20O3/c1-8(2)11-6-10(7-14-9(3)13)12(4,5)15-11/h10-11H,1,6-7H2,2-5H3/t10-,11+/m0/s1. The number of carbonyl (C=O) groups excluding carboxylic acids is 1. The fraction of sp³-hybridized carbons (Fsp3) is 0.750. The molecule has 1 saturated heterocycles. The van der Waals surface area contributed by atoms with Crippen LogP contribution < -0.4 is 0 Å². The molecule has 0 bridgehead atoms. The number of esters is 1. The summed E-state index contributed by atoms with van der Waals surface area (Å²) in [5.41, 5.74) is 0.799. The molecule has 0 aromatic rings. The number of rotatable bonds is 3. The van der Waals surface area contributed by atoms with E-state index in [9.17, 15) is 4.79 Å². The molecule has 3 heteroatoms. The molecular formula is C12H20O3. The fourth-order valence-corrected chi connectivity index (χ4v) is 1.84. The molecule has 86 valence electrons. The van der Waals surface area contributed by atoms with Crippen molar-refractivity contribution in [3.63, 3.8) is 0 Å². The second-order valence-electron chi connectivity index (χ2n) is 4.79. The van der Waals surface area contributed by atoms with E-state index in [2.05, 4.69) is 6.58 Å². The van der Waals surface area contributed by atoms with Gasteiger partial charge in [-0.25, -0.2) is 0 Å². The zero-order chi connectivity index (χ0) is 11.6. The number of hydrogen-bond acceptors (Lipinski definition) is 3. The van der Waals surface area contributed by atoms with Gasteiger partial charge in [-0.3, -0.25) is 4.79 Å². The minimum absolute atomic E-state index is 0.0977. The van der Waals surface area contributed by atoms with Gasteiger partial charge in [-0.05, 0) is 27.2 Å². The van der Waals surface area contributed by atoms with Gasteiger partial charge in [0.25, 0.3) is 0 Å². The molecule has 1 aliphatic rings. The Bertz CT molecular complexity index is 268. The van der Waals surface area contributed by atoms with E-state index in [0.29, 0.717) is 6.61 Å². The minimum Gasteiger partial charge on any atom is -0.465 e. The van der Waals surface area contributed by atoms with Crippen molar-refractivity contribution in [2.75, 3.05) is 6.61 Å². The Kier molecular flexibility index (Phi) is 3.55. The zero-order valence-corrected chi connectivity index (χ0v) is 10.0. The van der Waals surface area contributed by atoms with Crippen LogP contribution in [-0.4, -0.2) is 24.3 Å². The summed E-state index contributed by atoms with van der Waals surface area (Å²) in [6, 6.07) is 0. The van der Waals surface area contributed by atoms with E-state index in [1.54, 1.807) is 0 Å². The summed E-state index contributed by atoms with van der Waals surface area (Å²) >= 11 is 0. The predicted molar refractivity (Wildman–Crippen MR) is 58.5 cm³/mol. The summed E-state index contributed by atoms with van der Waals surface area (Å²) in [5.74, 6) is 0.0210. The van der Waals surface area contributed by atoms with E-state index < -0.39 is 0 Å². The van der Waals surface area contributed by atoms with Gasteiger partial charge in [-0.15, -0.1) is 0 Å². The maximum Gasteiger partial charge on any atom is 0.302 e. The first-order valence-electron chi connectivity index (χ1n) is 5.29. The van der Waals surface area contributed by atoms with Gasteiger partial charge in [0, 0.05) is 12.8 Å². The highest BCUT2D eigenvalue weighted by Gasteiger charge is 2.42. The van der Waals surface area contributed by atoms with Crippen molar-refractivity contribution in [3.8, 4) is 0 Å². The van der Waals surface area contributed by atoms with Crippen LogP contribution in [0.2, 0.25) is 0 Å². The Morgan fingerprint density at radius 2 is 2.13 bits per heavy atom. The maximum atomic E-state index is 10.7. The summed E-state index contributed by atoms with van der Waals surface area (Å²) < 4.78 is 10.9. The third-order valence-electron chi connectivity index (χ3n) is 2.97. The van der Waals surface area contributed by atoms with Crippen LogP contribution in [0.1, 0.15) is 34.1 Å². The van der Waals surface area contributed by atoms with Crippen molar-refractivity contribution >= 4 is 5.97 Å². The Balaban J connectivity index is 2.57. The van der Waals surface area contributed by atoms with Crippen molar-refractivity contribution in [1.29, 1.82) is 0 Å². The molecule has 0 amide bonds. The molecule has 1 rings (SSSR count). The monoisotopic (exact) mass is 212 g/mol. The molecule has 0 N–H and O–H groups in total. The molecular weight excluding hydrogens is 192 g/mol. The third-order valence-corrected chi connectivity index (χ3v) is 2.97. The first kappa shape index (κ1) is 12.2. The predicted octanol–water partition coefficient (Wildman–Crippen LogP) is 2.31. The smallest absolute Gasteiger partial charge is 0.302 e. The molecule has 1 fully saturated rings. The third kappa shape index (κ3) is 3.06. The van der Waals surface area contributed by atoms with Crippen molar-refractivity contribution in [3.05, 3.63) is 12.2 Å². The highest BCUT2D eigenvalue weighted by atomic mass is 16.5. The van der Waals surface area contributed by atoms with Crippen molar-refractivity contribution in [1.82, 2.24) is 0 Å². The van der Waals surface area contributed by atoms with Crippen LogP contribution in [0.4, 0.5) is 0 Å². The molecule has 3 nitrogen and oxygen atoms in total. The highest BCUT2D eigenvalue weighted by molar-refractivity contribution is 5.65. The largest absolute Gasteiger partial charge is 0.465 e. The Morgan fingerprint density at radius 3 is 2.53 bits per heavy atom. The first-order chi connectivity index (χ1) is 6.83. The first-order valence-corrected chi connectivity index (χ1v) is 5.29. The molecule has 0 aromatic heterocycles. The van der Waals surface area contributed by atoms with Gasteiger partial charge in [-0.1, -0.05) is 12.2 Å². The van der Waals surface area contributed by atoms with Crippen molar-refractivity contribution in [2.24, 2.45) is 5.92 Å². The van der Waals surface area contributed by atoms with Gasteiger partial charge in [-0.2, -0.15) is 0 Å². The minimum atomic E-state index is -0.237. The van der Waals surface area contributed by atoms with Crippen LogP contribution in [0.25, 0.3) is 0 Å². The molecule has 2 atom stereocenters. The lowest BCUT2D eigenvalue weighted by molar-refractivity contribution is -0.143. The van der Waals surface area contributed by atoms with Gasteiger partial charge in [0.05, 0.1) is 18.3 Å². The van der Waals surface area contributed by atoms with E-state index in [4.69, 9.17) is 9.47 Å². The summed E-state index contributed by atoms with van der Waals surface area (Å²) in [4.78, 5) is 10.7. The average Bonchev–Trinajstić information content (AvgIpc) is 2.37.